The fraction of sp³-hybridized carbons (Fsp3) is 0.0714. The number of nitrogens with two attached hydrogens (primary N) is 1. The Bertz CT molecular complexity index is 706. The summed E-state index contributed by atoms with van der Waals surface area (Å²) in [6.07, 6.45) is 1.88. The van der Waals surface area contributed by atoms with Gasteiger partial charge in [-0.05, 0) is 36.4 Å². The predicted octanol–water partition coefficient (Wildman–Crippen LogP) is 2.72. The average Bonchev–Trinajstić information content (AvgIpc) is 2.78. The third-order valence-electron chi connectivity index (χ3n) is 2.81. The van der Waals surface area contributed by atoms with Crippen LogP contribution in [0.15, 0.2) is 48.7 Å². The van der Waals surface area contributed by atoms with Crippen molar-refractivity contribution in [3.63, 3.8) is 0 Å². The molecule has 0 aliphatic heterocycles. The number of nitrogens with zero attached hydrogens (tertiary/aromatic N) is 2. The van der Waals surface area contributed by atoms with Crippen LogP contribution >= 0.6 is 0 Å². The molecule has 0 saturated carbocycles. The van der Waals surface area contributed by atoms with E-state index < -0.39 is 0 Å². The SMILES string of the molecule is NCc1c(Oc2ccc(F)cc2)nc2ccccn12. The van der Waals surface area contributed by atoms with Crippen LogP contribution in [0.5, 0.6) is 11.6 Å². The van der Waals surface area contributed by atoms with Gasteiger partial charge >= 0.3 is 0 Å². The maximum absolute atomic E-state index is 12.8. The highest BCUT2D eigenvalue weighted by molar-refractivity contribution is 5.46. The van der Waals surface area contributed by atoms with Crippen molar-refractivity contribution in [2.45, 2.75) is 6.54 Å². The fourth-order valence-corrected chi connectivity index (χ4v) is 1.91. The van der Waals surface area contributed by atoms with Crippen LogP contribution in [0.3, 0.4) is 0 Å². The van der Waals surface area contributed by atoms with Crippen molar-refractivity contribution in [2.75, 3.05) is 0 Å². The summed E-state index contributed by atoms with van der Waals surface area (Å²) >= 11 is 0. The number of imidazole rings is 1. The Labute approximate surface area is 109 Å². The van der Waals surface area contributed by atoms with Crippen LogP contribution in [0.25, 0.3) is 5.65 Å². The predicted molar refractivity (Wildman–Crippen MR) is 69.6 cm³/mol. The molecule has 19 heavy (non-hydrogen) atoms. The van der Waals surface area contributed by atoms with Gasteiger partial charge in [0.15, 0.2) is 0 Å². The zero-order valence-corrected chi connectivity index (χ0v) is 10.1. The van der Waals surface area contributed by atoms with Crippen molar-refractivity contribution in [3.8, 4) is 11.6 Å². The van der Waals surface area contributed by atoms with Gasteiger partial charge in [0, 0.05) is 12.7 Å². The number of fused-ring (bicyclic) bond motifs is 1. The summed E-state index contributed by atoms with van der Waals surface area (Å²) < 4.78 is 20.4. The molecule has 0 amide bonds. The van der Waals surface area contributed by atoms with E-state index in [1.807, 2.05) is 28.8 Å². The number of rotatable bonds is 3. The highest BCUT2D eigenvalue weighted by atomic mass is 19.1. The smallest absolute Gasteiger partial charge is 0.242 e. The highest BCUT2D eigenvalue weighted by Crippen LogP contribution is 2.25. The molecule has 1 aromatic carbocycles. The Balaban J connectivity index is 2.02. The van der Waals surface area contributed by atoms with Gasteiger partial charge in [-0.3, -0.25) is 4.40 Å². The molecule has 2 heterocycles. The monoisotopic (exact) mass is 257 g/mol. The van der Waals surface area contributed by atoms with E-state index in [1.54, 1.807) is 12.1 Å². The van der Waals surface area contributed by atoms with E-state index in [1.165, 1.54) is 12.1 Å². The lowest BCUT2D eigenvalue weighted by atomic mass is 10.3. The van der Waals surface area contributed by atoms with E-state index in [0.717, 1.165) is 11.3 Å². The van der Waals surface area contributed by atoms with Gasteiger partial charge in [-0.25, -0.2) is 4.39 Å². The average molecular weight is 257 g/mol. The Kier molecular flexibility index (Phi) is 2.89. The standard InChI is InChI=1S/C14H12FN3O/c15-10-4-6-11(7-5-10)19-14-12(9-16)18-8-2-1-3-13(18)17-14/h1-8H,9,16H2. The first kappa shape index (κ1) is 11.7. The molecule has 5 heteroatoms. The molecule has 3 aromatic rings. The van der Waals surface area contributed by atoms with Crippen molar-refractivity contribution >= 4 is 5.65 Å². The Morgan fingerprint density at radius 2 is 1.95 bits per heavy atom. The molecule has 2 aromatic heterocycles. The first-order valence-corrected chi connectivity index (χ1v) is 5.87. The Morgan fingerprint density at radius 3 is 2.68 bits per heavy atom. The lowest BCUT2D eigenvalue weighted by Gasteiger charge is -2.04. The molecule has 0 bridgehead atoms. The first-order chi connectivity index (χ1) is 9.28. The third-order valence-corrected chi connectivity index (χ3v) is 2.81. The molecule has 0 saturated heterocycles. The molecule has 0 atom stereocenters. The summed E-state index contributed by atoms with van der Waals surface area (Å²) in [5, 5.41) is 0. The van der Waals surface area contributed by atoms with Gasteiger partial charge in [-0.1, -0.05) is 6.07 Å². The minimum atomic E-state index is -0.304. The number of halogens is 1. The lowest BCUT2D eigenvalue weighted by Crippen LogP contribution is -2.02. The molecule has 4 nitrogen and oxygen atoms in total. The summed E-state index contributed by atoms with van der Waals surface area (Å²) in [4.78, 5) is 4.37. The van der Waals surface area contributed by atoms with Crippen molar-refractivity contribution in [3.05, 3.63) is 60.2 Å². The highest BCUT2D eigenvalue weighted by Gasteiger charge is 2.12. The van der Waals surface area contributed by atoms with Gasteiger partial charge in [-0.2, -0.15) is 4.98 Å². The molecule has 2 N–H and O–H groups in total. The van der Waals surface area contributed by atoms with Crippen molar-refractivity contribution in [1.29, 1.82) is 0 Å². The maximum atomic E-state index is 12.8. The van der Waals surface area contributed by atoms with Crippen molar-refractivity contribution < 1.29 is 9.13 Å². The van der Waals surface area contributed by atoms with Crippen LogP contribution in [-0.4, -0.2) is 9.38 Å². The molecule has 0 radical (unpaired) electrons. The second kappa shape index (κ2) is 4.70. The molecule has 0 aliphatic rings. The van der Waals surface area contributed by atoms with Gasteiger partial charge in [0.25, 0.3) is 0 Å². The van der Waals surface area contributed by atoms with Gasteiger partial charge in [0.2, 0.25) is 5.88 Å². The quantitative estimate of drug-likeness (QED) is 0.785. The number of hydrogen-bond acceptors (Lipinski definition) is 3. The van der Waals surface area contributed by atoms with E-state index in [9.17, 15) is 4.39 Å². The Hall–Kier alpha value is -2.40. The number of benzene rings is 1. The van der Waals surface area contributed by atoms with Crippen LogP contribution in [0.1, 0.15) is 5.69 Å². The van der Waals surface area contributed by atoms with Gasteiger partial charge in [-0.15, -0.1) is 0 Å². The van der Waals surface area contributed by atoms with Crippen LogP contribution in [0.4, 0.5) is 4.39 Å². The van der Waals surface area contributed by atoms with Crippen molar-refractivity contribution in [2.24, 2.45) is 5.73 Å². The number of pyridine rings is 1. The van der Waals surface area contributed by atoms with Gasteiger partial charge < -0.3 is 10.5 Å². The molecule has 0 fully saturated rings. The normalized spacial score (nSPS) is 10.8. The van der Waals surface area contributed by atoms with Crippen LogP contribution in [-0.2, 0) is 6.54 Å². The third kappa shape index (κ3) is 2.15. The molecule has 0 aliphatic carbocycles. The lowest BCUT2D eigenvalue weighted by molar-refractivity contribution is 0.458. The van der Waals surface area contributed by atoms with Gasteiger partial charge in [0.05, 0.1) is 0 Å². The Morgan fingerprint density at radius 1 is 1.16 bits per heavy atom. The second-order valence-electron chi connectivity index (χ2n) is 4.05. The molecule has 3 rings (SSSR count). The van der Waals surface area contributed by atoms with E-state index in [2.05, 4.69) is 4.98 Å². The topological polar surface area (TPSA) is 52.5 Å². The molecule has 0 unspecified atom stereocenters. The zero-order valence-electron chi connectivity index (χ0n) is 10.1. The van der Waals surface area contributed by atoms with E-state index in [4.69, 9.17) is 10.5 Å². The number of aromatic nitrogens is 2. The summed E-state index contributed by atoms with van der Waals surface area (Å²) in [5.74, 6) is 0.668. The summed E-state index contributed by atoms with van der Waals surface area (Å²) in [5.41, 5.74) is 7.28. The van der Waals surface area contributed by atoms with Crippen molar-refractivity contribution in [1.82, 2.24) is 9.38 Å². The molecule has 0 spiro atoms. The van der Waals surface area contributed by atoms with Crippen LogP contribution in [0.2, 0.25) is 0 Å². The number of ether oxygens (including phenoxy) is 1. The summed E-state index contributed by atoms with van der Waals surface area (Å²) in [7, 11) is 0. The number of hydrogen-bond donors (Lipinski definition) is 1. The van der Waals surface area contributed by atoms with Gasteiger partial charge in [0.1, 0.15) is 22.9 Å². The maximum Gasteiger partial charge on any atom is 0.242 e. The molecular formula is C14H12FN3O. The summed E-state index contributed by atoms with van der Waals surface area (Å²) in [6, 6.07) is 11.5. The molecular weight excluding hydrogens is 245 g/mol. The zero-order chi connectivity index (χ0) is 13.2. The minimum Gasteiger partial charge on any atom is -0.437 e. The van der Waals surface area contributed by atoms with E-state index >= 15 is 0 Å². The largest absolute Gasteiger partial charge is 0.437 e. The second-order valence-corrected chi connectivity index (χ2v) is 4.05. The van der Waals surface area contributed by atoms with E-state index in [-0.39, 0.29) is 5.82 Å². The van der Waals surface area contributed by atoms with Crippen LogP contribution < -0.4 is 10.5 Å². The molecule has 96 valence electrons. The van der Waals surface area contributed by atoms with Crippen LogP contribution in [0, 0.1) is 5.82 Å². The van der Waals surface area contributed by atoms with E-state index in [0.29, 0.717) is 18.2 Å². The summed E-state index contributed by atoms with van der Waals surface area (Å²) in [6.45, 7) is 0.307. The first-order valence-electron chi connectivity index (χ1n) is 5.87. The minimum absolute atomic E-state index is 0.304. The fourth-order valence-electron chi connectivity index (χ4n) is 1.91.